The summed E-state index contributed by atoms with van der Waals surface area (Å²) in [5, 5.41) is 11.6. The number of hydrogen-bond donors (Lipinski definition) is 1. The lowest BCUT2D eigenvalue weighted by atomic mass is 9.82. The highest BCUT2D eigenvalue weighted by molar-refractivity contribution is 5.37. The highest BCUT2D eigenvalue weighted by atomic mass is 16.7. The maximum Gasteiger partial charge on any atom is 0.163 e. The van der Waals surface area contributed by atoms with Gasteiger partial charge in [-0.15, -0.1) is 0 Å². The molecule has 1 unspecified atom stereocenters. The zero-order valence-electron chi connectivity index (χ0n) is 13.9. The van der Waals surface area contributed by atoms with E-state index in [0.29, 0.717) is 6.61 Å². The number of aliphatic hydroxyl groups is 1. The van der Waals surface area contributed by atoms with Crippen LogP contribution in [0.25, 0.3) is 0 Å². The van der Waals surface area contributed by atoms with Crippen molar-refractivity contribution in [1.82, 2.24) is 0 Å². The van der Waals surface area contributed by atoms with Crippen molar-refractivity contribution in [2.24, 2.45) is 5.41 Å². The van der Waals surface area contributed by atoms with Gasteiger partial charge in [0.25, 0.3) is 0 Å². The van der Waals surface area contributed by atoms with E-state index in [-0.39, 0.29) is 11.7 Å². The van der Waals surface area contributed by atoms with Crippen LogP contribution in [0.4, 0.5) is 0 Å². The fraction of sp³-hybridized carbons (Fsp3) is 0.400. The lowest BCUT2D eigenvalue weighted by Gasteiger charge is -2.35. The fourth-order valence-corrected chi connectivity index (χ4v) is 3.00. The van der Waals surface area contributed by atoms with Crippen LogP contribution >= 0.6 is 0 Å². The summed E-state index contributed by atoms with van der Waals surface area (Å²) < 4.78 is 12.0. The molecule has 122 valence electrons. The molecule has 3 heteroatoms. The third-order valence-corrected chi connectivity index (χ3v) is 4.29. The average molecular weight is 312 g/mol. The molecular formula is C20H24O3. The SMILES string of the molecule is CC(C)(C)C1OC[C@H](C(O)(c2ccccc2)c2ccccc2)O1. The molecule has 1 N–H and O–H groups in total. The first-order valence-corrected chi connectivity index (χ1v) is 8.03. The van der Waals surface area contributed by atoms with Gasteiger partial charge >= 0.3 is 0 Å². The van der Waals surface area contributed by atoms with Crippen molar-refractivity contribution < 1.29 is 14.6 Å². The Morgan fingerprint density at radius 2 is 1.35 bits per heavy atom. The third-order valence-electron chi connectivity index (χ3n) is 4.29. The van der Waals surface area contributed by atoms with E-state index in [4.69, 9.17) is 9.47 Å². The minimum atomic E-state index is -1.23. The summed E-state index contributed by atoms with van der Waals surface area (Å²) in [4.78, 5) is 0. The molecule has 2 aromatic carbocycles. The maximum atomic E-state index is 11.6. The van der Waals surface area contributed by atoms with Crippen molar-refractivity contribution in [1.29, 1.82) is 0 Å². The van der Waals surface area contributed by atoms with E-state index < -0.39 is 11.7 Å². The first-order chi connectivity index (χ1) is 10.9. The molecule has 1 heterocycles. The van der Waals surface area contributed by atoms with Gasteiger partial charge in [-0.25, -0.2) is 0 Å². The van der Waals surface area contributed by atoms with E-state index in [1.165, 1.54) is 0 Å². The minimum Gasteiger partial charge on any atom is -0.378 e. The Bertz CT molecular complexity index is 591. The molecule has 3 nitrogen and oxygen atoms in total. The molecule has 0 saturated carbocycles. The van der Waals surface area contributed by atoms with Gasteiger partial charge in [-0.05, 0) is 11.1 Å². The average Bonchev–Trinajstić information content (AvgIpc) is 3.06. The van der Waals surface area contributed by atoms with Gasteiger partial charge in [-0.2, -0.15) is 0 Å². The maximum absolute atomic E-state index is 11.6. The molecule has 2 atom stereocenters. The molecular weight excluding hydrogens is 288 g/mol. The Morgan fingerprint density at radius 3 is 1.74 bits per heavy atom. The van der Waals surface area contributed by atoms with Crippen molar-refractivity contribution in [3.8, 4) is 0 Å². The van der Waals surface area contributed by atoms with Crippen LogP contribution in [0.5, 0.6) is 0 Å². The van der Waals surface area contributed by atoms with E-state index in [1.807, 2.05) is 60.7 Å². The molecule has 3 rings (SSSR count). The summed E-state index contributed by atoms with van der Waals surface area (Å²) in [6.07, 6.45) is -0.775. The van der Waals surface area contributed by atoms with Crippen molar-refractivity contribution in [2.45, 2.75) is 38.8 Å². The first-order valence-electron chi connectivity index (χ1n) is 8.03. The minimum absolute atomic E-state index is 0.136. The molecule has 0 radical (unpaired) electrons. The molecule has 0 bridgehead atoms. The summed E-state index contributed by atoms with van der Waals surface area (Å²) in [5.74, 6) is 0. The van der Waals surface area contributed by atoms with Crippen molar-refractivity contribution in [2.75, 3.05) is 6.61 Å². The normalized spacial score (nSPS) is 22.3. The zero-order valence-corrected chi connectivity index (χ0v) is 13.9. The van der Waals surface area contributed by atoms with Crippen LogP contribution in [0.15, 0.2) is 60.7 Å². The smallest absolute Gasteiger partial charge is 0.163 e. The van der Waals surface area contributed by atoms with Crippen LogP contribution in [0.2, 0.25) is 0 Å². The summed E-state index contributed by atoms with van der Waals surface area (Å²) in [5.41, 5.74) is 0.259. The number of benzene rings is 2. The van der Waals surface area contributed by atoms with Gasteiger partial charge in [0.15, 0.2) is 6.29 Å². The summed E-state index contributed by atoms with van der Waals surface area (Å²) >= 11 is 0. The van der Waals surface area contributed by atoms with Gasteiger partial charge in [-0.3, -0.25) is 0 Å². The highest BCUT2D eigenvalue weighted by Crippen LogP contribution is 2.40. The van der Waals surface area contributed by atoms with Gasteiger partial charge in [0, 0.05) is 5.41 Å². The molecule has 1 fully saturated rings. The number of hydrogen-bond acceptors (Lipinski definition) is 3. The molecule has 1 saturated heterocycles. The predicted octanol–water partition coefficient (Wildman–Crippen LogP) is 3.71. The molecule has 1 aliphatic rings. The van der Waals surface area contributed by atoms with Crippen LogP contribution in [0, 0.1) is 5.41 Å². The highest BCUT2D eigenvalue weighted by Gasteiger charge is 2.48. The van der Waals surface area contributed by atoms with E-state index in [2.05, 4.69) is 20.8 Å². The fourth-order valence-electron chi connectivity index (χ4n) is 3.00. The summed E-state index contributed by atoms with van der Waals surface area (Å²) in [7, 11) is 0. The second-order valence-corrected chi connectivity index (χ2v) is 7.15. The Hall–Kier alpha value is -1.68. The van der Waals surface area contributed by atoms with Crippen molar-refractivity contribution in [3.05, 3.63) is 71.8 Å². The second-order valence-electron chi connectivity index (χ2n) is 7.15. The molecule has 23 heavy (non-hydrogen) atoms. The van der Waals surface area contributed by atoms with Gasteiger partial charge in [-0.1, -0.05) is 81.4 Å². The number of rotatable bonds is 3. The summed E-state index contributed by atoms with van der Waals surface area (Å²) in [6.45, 7) is 6.58. The molecule has 1 aliphatic heterocycles. The van der Waals surface area contributed by atoms with Crippen molar-refractivity contribution >= 4 is 0 Å². The summed E-state index contributed by atoms with van der Waals surface area (Å²) in [6, 6.07) is 19.3. The Morgan fingerprint density at radius 1 is 0.870 bits per heavy atom. The molecule has 0 amide bonds. The molecule has 0 aliphatic carbocycles. The standard InChI is InChI=1S/C20H24O3/c1-19(2,3)18-22-14-17(23-18)20(21,15-10-6-4-7-11-15)16-12-8-5-9-13-16/h4-13,17-18,21H,14H2,1-3H3/t17-,18?/m1/s1. The topological polar surface area (TPSA) is 38.7 Å². The van der Waals surface area contributed by atoms with Crippen molar-refractivity contribution in [3.63, 3.8) is 0 Å². The zero-order chi connectivity index (χ0) is 16.5. The quantitative estimate of drug-likeness (QED) is 0.939. The van der Waals surface area contributed by atoms with Crippen LogP contribution in [-0.2, 0) is 15.1 Å². The molecule has 0 aromatic heterocycles. The molecule has 0 spiro atoms. The van der Waals surface area contributed by atoms with Gasteiger partial charge < -0.3 is 14.6 Å². The largest absolute Gasteiger partial charge is 0.378 e. The Labute approximate surface area is 137 Å². The third kappa shape index (κ3) is 3.05. The van der Waals surface area contributed by atoms with Gasteiger partial charge in [0.1, 0.15) is 11.7 Å². The molecule has 2 aromatic rings. The Kier molecular flexibility index (Phi) is 4.28. The van der Waals surface area contributed by atoms with E-state index in [9.17, 15) is 5.11 Å². The second kappa shape index (κ2) is 6.08. The van der Waals surface area contributed by atoms with Gasteiger partial charge in [0.05, 0.1) is 6.61 Å². The predicted molar refractivity (Wildman–Crippen MR) is 90.0 cm³/mol. The van der Waals surface area contributed by atoms with Crippen LogP contribution in [0.1, 0.15) is 31.9 Å². The van der Waals surface area contributed by atoms with Crippen LogP contribution in [0.3, 0.4) is 0 Å². The van der Waals surface area contributed by atoms with Crippen LogP contribution < -0.4 is 0 Å². The lowest BCUT2D eigenvalue weighted by molar-refractivity contribution is -0.150. The van der Waals surface area contributed by atoms with E-state index in [0.717, 1.165) is 11.1 Å². The van der Waals surface area contributed by atoms with Gasteiger partial charge in [0.2, 0.25) is 0 Å². The van der Waals surface area contributed by atoms with E-state index in [1.54, 1.807) is 0 Å². The van der Waals surface area contributed by atoms with Crippen LogP contribution in [-0.4, -0.2) is 24.1 Å². The monoisotopic (exact) mass is 312 g/mol. The lowest BCUT2D eigenvalue weighted by Crippen LogP contribution is -2.43. The number of ether oxygens (including phenoxy) is 2. The Balaban J connectivity index is 2.01. The van der Waals surface area contributed by atoms with E-state index >= 15 is 0 Å². The first kappa shape index (κ1) is 16.2.